The fourth-order valence-electron chi connectivity index (χ4n) is 2.74. The van der Waals surface area contributed by atoms with Crippen molar-refractivity contribution in [2.24, 2.45) is 0 Å². The van der Waals surface area contributed by atoms with E-state index in [2.05, 4.69) is 10.6 Å². The van der Waals surface area contributed by atoms with Crippen molar-refractivity contribution < 1.29 is 28.7 Å². The summed E-state index contributed by atoms with van der Waals surface area (Å²) in [7, 11) is 2.83. The molecule has 0 saturated carbocycles. The van der Waals surface area contributed by atoms with E-state index in [-0.39, 0.29) is 52.6 Å². The molecule has 172 valence electrons. The predicted octanol–water partition coefficient (Wildman–Crippen LogP) is 3.67. The van der Waals surface area contributed by atoms with Gasteiger partial charge in [0, 0.05) is 24.2 Å². The van der Waals surface area contributed by atoms with Crippen molar-refractivity contribution in [3.63, 3.8) is 0 Å². The Hall–Kier alpha value is -3.37. The van der Waals surface area contributed by atoms with Gasteiger partial charge in [-0.2, -0.15) is 0 Å². The summed E-state index contributed by atoms with van der Waals surface area (Å²) in [5.74, 6) is -1.03. The van der Waals surface area contributed by atoms with Crippen LogP contribution in [0.3, 0.4) is 0 Å². The minimum Gasteiger partial charge on any atom is -0.493 e. The van der Waals surface area contributed by atoms with Gasteiger partial charge in [-0.3, -0.25) is 19.7 Å². The number of carbonyl (C=O) groups is 2. The number of amides is 2. The molecule has 0 unspecified atom stereocenters. The second-order valence-electron chi connectivity index (χ2n) is 6.89. The fourth-order valence-corrected chi connectivity index (χ4v) is 2.91. The van der Waals surface area contributed by atoms with E-state index < -0.39 is 22.4 Å². The van der Waals surface area contributed by atoms with E-state index in [9.17, 15) is 19.7 Å². The highest BCUT2D eigenvalue weighted by Crippen LogP contribution is 2.35. The van der Waals surface area contributed by atoms with Gasteiger partial charge in [0.05, 0.1) is 36.0 Å². The summed E-state index contributed by atoms with van der Waals surface area (Å²) in [5, 5.41) is 17.2. The van der Waals surface area contributed by atoms with E-state index in [0.717, 1.165) is 6.07 Å². The molecular weight excluding hydrogens is 442 g/mol. The maximum absolute atomic E-state index is 13.0. The molecule has 0 spiro atoms. The van der Waals surface area contributed by atoms with E-state index in [4.69, 9.17) is 25.8 Å². The van der Waals surface area contributed by atoms with Crippen LogP contribution in [0.25, 0.3) is 0 Å². The summed E-state index contributed by atoms with van der Waals surface area (Å²) in [6.07, 6.45) is 0. The Balaban J connectivity index is 2.44. The zero-order valence-corrected chi connectivity index (χ0v) is 18.8. The van der Waals surface area contributed by atoms with Gasteiger partial charge < -0.3 is 24.8 Å². The van der Waals surface area contributed by atoms with Crippen LogP contribution in [0, 0.1) is 10.1 Å². The summed E-state index contributed by atoms with van der Waals surface area (Å²) >= 11 is 6.03. The number of nitrogens with one attached hydrogen (secondary N) is 2. The Bertz CT molecular complexity index is 1010. The van der Waals surface area contributed by atoms with Crippen LogP contribution < -0.4 is 20.1 Å². The second kappa shape index (κ2) is 11.3. The average molecular weight is 466 g/mol. The number of hydrogen-bond acceptors (Lipinski definition) is 7. The molecule has 0 radical (unpaired) electrons. The highest BCUT2D eigenvalue weighted by atomic mass is 35.5. The molecule has 2 aromatic carbocycles. The Morgan fingerprint density at radius 3 is 2.38 bits per heavy atom. The third kappa shape index (κ3) is 6.32. The van der Waals surface area contributed by atoms with Crippen molar-refractivity contribution >= 4 is 34.8 Å². The summed E-state index contributed by atoms with van der Waals surface area (Å²) < 4.78 is 15.6. The Morgan fingerprint density at radius 1 is 1.06 bits per heavy atom. The maximum Gasteiger partial charge on any atom is 0.286 e. The van der Waals surface area contributed by atoms with Crippen LogP contribution in [-0.2, 0) is 4.74 Å². The molecule has 0 aromatic heterocycles. The summed E-state index contributed by atoms with van der Waals surface area (Å²) in [4.78, 5) is 36.4. The molecule has 11 heteroatoms. The van der Waals surface area contributed by atoms with Crippen LogP contribution in [0.1, 0.15) is 34.6 Å². The number of benzene rings is 2. The first kappa shape index (κ1) is 24.9. The van der Waals surface area contributed by atoms with Gasteiger partial charge in [0.15, 0.2) is 11.5 Å². The minimum absolute atomic E-state index is 0.0903. The van der Waals surface area contributed by atoms with E-state index in [0.29, 0.717) is 0 Å². The molecule has 0 aliphatic carbocycles. The lowest BCUT2D eigenvalue weighted by Gasteiger charge is -2.15. The molecule has 0 heterocycles. The fraction of sp³-hybridized carbons (Fsp3) is 0.333. The van der Waals surface area contributed by atoms with Gasteiger partial charge in [0.1, 0.15) is 12.2 Å². The topological polar surface area (TPSA) is 129 Å². The van der Waals surface area contributed by atoms with Crippen LogP contribution in [0.4, 0.5) is 11.4 Å². The molecule has 2 aromatic rings. The number of methoxy groups -OCH3 is 2. The van der Waals surface area contributed by atoms with Gasteiger partial charge in [-0.15, -0.1) is 0 Å². The Morgan fingerprint density at radius 2 is 1.78 bits per heavy atom. The van der Waals surface area contributed by atoms with Crippen molar-refractivity contribution in [2.45, 2.75) is 19.9 Å². The molecule has 2 N–H and O–H groups in total. The molecule has 32 heavy (non-hydrogen) atoms. The predicted molar refractivity (Wildman–Crippen MR) is 119 cm³/mol. The minimum atomic E-state index is -0.820. The zero-order chi connectivity index (χ0) is 23.8. The number of rotatable bonds is 10. The van der Waals surface area contributed by atoms with Crippen molar-refractivity contribution in [1.29, 1.82) is 0 Å². The molecule has 0 fully saturated rings. The van der Waals surface area contributed by atoms with Crippen molar-refractivity contribution in [3.05, 3.63) is 56.6 Å². The number of ether oxygens (including phenoxy) is 3. The molecule has 2 rings (SSSR count). The first-order chi connectivity index (χ1) is 15.2. The van der Waals surface area contributed by atoms with Crippen molar-refractivity contribution in [2.75, 3.05) is 32.8 Å². The summed E-state index contributed by atoms with van der Waals surface area (Å²) in [6, 6.07) is 6.51. The highest BCUT2D eigenvalue weighted by molar-refractivity contribution is 6.31. The lowest BCUT2D eigenvalue weighted by Crippen LogP contribution is -2.31. The average Bonchev–Trinajstić information content (AvgIpc) is 2.72. The van der Waals surface area contributed by atoms with E-state index in [1.807, 2.05) is 0 Å². The number of anilines is 1. The van der Waals surface area contributed by atoms with Crippen LogP contribution in [0.5, 0.6) is 11.5 Å². The van der Waals surface area contributed by atoms with Crippen LogP contribution in [0.15, 0.2) is 30.3 Å². The number of halogens is 1. The number of nitrogens with zero attached hydrogens (tertiary/aromatic N) is 1. The summed E-state index contributed by atoms with van der Waals surface area (Å²) in [5.41, 5.74) is -0.507. The molecule has 2 amide bonds. The number of hydrogen-bond donors (Lipinski definition) is 2. The molecular formula is C21H24ClN3O7. The summed E-state index contributed by atoms with van der Waals surface area (Å²) in [6.45, 7) is 3.97. The van der Waals surface area contributed by atoms with Gasteiger partial charge >= 0.3 is 0 Å². The molecule has 0 atom stereocenters. The zero-order valence-electron chi connectivity index (χ0n) is 18.1. The van der Waals surface area contributed by atoms with Crippen LogP contribution in [-0.4, -0.2) is 50.2 Å². The Labute approximate surface area is 189 Å². The molecule has 0 bridgehead atoms. The largest absolute Gasteiger partial charge is 0.493 e. The highest BCUT2D eigenvalue weighted by Gasteiger charge is 2.26. The van der Waals surface area contributed by atoms with Gasteiger partial charge in [0.25, 0.3) is 17.5 Å². The SMILES string of the molecule is COCCOc1cc([N+](=O)[O-])c(C(=O)Nc2cc(Cl)ccc2C(=O)NC(C)C)cc1OC. The number of nitro groups is 1. The maximum atomic E-state index is 13.0. The molecule has 0 aliphatic rings. The lowest BCUT2D eigenvalue weighted by molar-refractivity contribution is -0.385. The normalized spacial score (nSPS) is 10.6. The third-order valence-electron chi connectivity index (χ3n) is 4.16. The van der Waals surface area contributed by atoms with E-state index >= 15 is 0 Å². The first-order valence-corrected chi connectivity index (χ1v) is 9.95. The smallest absolute Gasteiger partial charge is 0.286 e. The lowest BCUT2D eigenvalue weighted by atomic mass is 10.1. The third-order valence-corrected chi connectivity index (χ3v) is 4.40. The van der Waals surface area contributed by atoms with E-state index in [1.165, 1.54) is 38.5 Å². The van der Waals surface area contributed by atoms with Gasteiger partial charge in [-0.05, 0) is 32.0 Å². The standard InChI is InChI=1S/C21H24ClN3O7/c1-12(2)23-20(26)14-6-5-13(22)9-16(14)24-21(27)15-10-18(31-4)19(32-8-7-30-3)11-17(15)25(28)29/h5-6,9-12H,7-8H2,1-4H3,(H,23,26)(H,24,27). The first-order valence-electron chi connectivity index (χ1n) is 9.57. The molecule has 0 aliphatic heterocycles. The van der Waals surface area contributed by atoms with Gasteiger partial charge in [-0.1, -0.05) is 11.6 Å². The monoisotopic (exact) mass is 465 g/mol. The van der Waals surface area contributed by atoms with Crippen LogP contribution in [0.2, 0.25) is 5.02 Å². The Kier molecular flexibility index (Phi) is 8.80. The van der Waals surface area contributed by atoms with E-state index in [1.54, 1.807) is 13.8 Å². The molecule has 10 nitrogen and oxygen atoms in total. The van der Waals surface area contributed by atoms with Gasteiger partial charge in [-0.25, -0.2) is 0 Å². The quantitative estimate of drug-likeness (QED) is 0.311. The van der Waals surface area contributed by atoms with Crippen molar-refractivity contribution in [1.82, 2.24) is 5.32 Å². The van der Waals surface area contributed by atoms with Gasteiger partial charge in [0.2, 0.25) is 0 Å². The van der Waals surface area contributed by atoms with Crippen LogP contribution >= 0.6 is 11.6 Å². The molecule has 0 saturated heterocycles. The van der Waals surface area contributed by atoms with Crippen molar-refractivity contribution in [3.8, 4) is 11.5 Å². The second-order valence-corrected chi connectivity index (χ2v) is 7.33. The number of nitro benzene ring substituents is 1. The number of carbonyl (C=O) groups excluding carboxylic acids is 2.